The lowest BCUT2D eigenvalue weighted by Gasteiger charge is -2.29. The van der Waals surface area contributed by atoms with Crippen molar-refractivity contribution in [1.82, 2.24) is 5.32 Å². The Bertz CT molecular complexity index is 573. The van der Waals surface area contributed by atoms with E-state index in [1.165, 1.54) is 7.11 Å². The molecule has 1 aliphatic rings. The molecule has 25 heavy (non-hydrogen) atoms. The zero-order valence-electron chi connectivity index (χ0n) is 15.3. The van der Waals surface area contributed by atoms with E-state index in [-0.39, 0.29) is 23.7 Å². The highest BCUT2D eigenvalue weighted by Crippen LogP contribution is 2.30. The van der Waals surface area contributed by atoms with E-state index >= 15 is 0 Å². The van der Waals surface area contributed by atoms with E-state index in [2.05, 4.69) is 5.32 Å². The molecule has 1 N–H and O–H groups in total. The molecule has 5 nitrogen and oxygen atoms in total. The first-order valence-corrected chi connectivity index (χ1v) is 9.14. The summed E-state index contributed by atoms with van der Waals surface area (Å²) in [5, 5.41) is 2.97. The van der Waals surface area contributed by atoms with Crippen LogP contribution in [-0.2, 0) is 14.3 Å². The molecule has 2 unspecified atom stereocenters. The first kappa shape index (κ1) is 19.3. The van der Waals surface area contributed by atoms with Crippen molar-refractivity contribution in [3.63, 3.8) is 0 Å². The van der Waals surface area contributed by atoms with Crippen molar-refractivity contribution in [3.05, 3.63) is 29.8 Å². The van der Waals surface area contributed by atoms with Gasteiger partial charge in [0.05, 0.1) is 19.6 Å². The molecule has 0 aliphatic heterocycles. The number of carbonyl (C=O) groups excluding carboxylic acids is 2. The molecule has 0 heterocycles. The quantitative estimate of drug-likeness (QED) is 0.579. The van der Waals surface area contributed by atoms with Crippen LogP contribution in [0.2, 0.25) is 0 Å². The van der Waals surface area contributed by atoms with Crippen molar-refractivity contribution < 1.29 is 19.1 Å². The highest BCUT2D eigenvalue weighted by molar-refractivity contribution is 5.76. The Morgan fingerprint density at radius 1 is 1.20 bits per heavy atom. The molecule has 2 rings (SSSR count). The third-order valence-electron chi connectivity index (χ3n) is 4.87. The number of esters is 1. The lowest BCUT2D eigenvalue weighted by Crippen LogP contribution is -2.37. The molecule has 1 aliphatic carbocycles. The van der Waals surface area contributed by atoms with Gasteiger partial charge in [-0.1, -0.05) is 31.0 Å². The Kier molecular flexibility index (Phi) is 7.76. The molecule has 0 aromatic heterocycles. The molecular weight excluding hydrogens is 318 g/mol. The van der Waals surface area contributed by atoms with Gasteiger partial charge in [0.25, 0.3) is 0 Å². The summed E-state index contributed by atoms with van der Waals surface area (Å²) in [5.74, 6) is 0.844. The van der Waals surface area contributed by atoms with Crippen molar-refractivity contribution in [2.45, 2.75) is 45.4 Å². The van der Waals surface area contributed by atoms with Crippen LogP contribution in [0.1, 0.15) is 44.1 Å². The zero-order valence-corrected chi connectivity index (χ0v) is 15.3. The maximum Gasteiger partial charge on any atom is 0.309 e. The van der Waals surface area contributed by atoms with Crippen LogP contribution in [0, 0.1) is 18.8 Å². The lowest BCUT2D eigenvalue weighted by molar-refractivity contribution is -0.148. The molecule has 1 fully saturated rings. The number of benzene rings is 1. The number of amides is 1. The zero-order chi connectivity index (χ0) is 18.1. The second-order valence-electron chi connectivity index (χ2n) is 6.70. The largest absolute Gasteiger partial charge is 0.493 e. The van der Waals surface area contributed by atoms with Gasteiger partial charge in [0.2, 0.25) is 5.91 Å². The number of para-hydroxylation sites is 1. The number of hydrogen-bond acceptors (Lipinski definition) is 4. The van der Waals surface area contributed by atoms with Gasteiger partial charge < -0.3 is 14.8 Å². The van der Waals surface area contributed by atoms with E-state index in [1.54, 1.807) is 0 Å². The number of carbonyl (C=O) groups is 2. The van der Waals surface area contributed by atoms with Crippen molar-refractivity contribution >= 4 is 11.9 Å². The van der Waals surface area contributed by atoms with Crippen molar-refractivity contribution in [2.24, 2.45) is 11.8 Å². The van der Waals surface area contributed by atoms with Gasteiger partial charge in [0.15, 0.2) is 0 Å². The van der Waals surface area contributed by atoms with Gasteiger partial charge in [0.1, 0.15) is 5.75 Å². The summed E-state index contributed by atoms with van der Waals surface area (Å²) in [4.78, 5) is 23.9. The summed E-state index contributed by atoms with van der Waals surface area (Å²) in [6.45, 7) is 3.08. The summed E-state index contributed by atoms with van der Waals surface area (Å²) in [7, 11) is 1.43. The number of methoxy groups -OCH3 is 1. The number of hydrogen-bond donors (Lipinski definition) is 1. The molecule has 5 heteroatoms. The molecule has 0 saturated heterocycles. The maximum atomic E-state index is 12.0. The summed E-state index contributed by atoms with van der Waals surface area (Å²) in [6.07, 6.45) is 5.10. The van der Waals surface area contributed by atoms with Crippen molar-refractivity contribution in [3.8, 4) is 5.75 Å². The fourth-order valence-electron chi connectivity index (χ4n) is 3.38. The minimum absolute atomic E-state index is 0.0163. The minimum Gasteiger partial charge on any atom is -0.493 e. The van der Waals surface area contributed by atoms with Gasteiger partial charge in [-0.25, -0.2) is 0 Å². The van der Waals surface area contributed by atoms with E-state index in [9.17, 15) is 9.59 Å². The van der Waals surface area contributed by atoms with E-state index in [0.29, 0.717) is 26.0 Å². The number of rotatable bonds is 8. The third kappa shape index (κ3) is 6.07. The number of nitrogens with one attached hydrogen (secondary N) is 1. The summed E-state index contributed by atoms with van der Waals surface area (Å²) in [6, 6.07) is 7.86. The molecule has 1 aromatic carbocycles. The van der Waals surface area contributed by atoms with Crippen LogP contribution in [-0.4, -0.2) is 32.1 Å². The number of ether oxygens (including phenoxy) is 2. The van der Waals surface area contributed by atoms with Crippen LogP contribution in [0.5, 0.6) is 5.75 Å². The Morgan fingerprint density at radius 2 is 1.96 bits per heavy atom. The molecular formula is C20H29NO4. The van der Waals surface area contributed by atoms with Crippen molar-refractivity contribution in [2.75, 3.05) is 20.3 Å². The first-order chi connectivity index (χ1) is 12.1. The minimum atomic E-state index is -0.148. The predicted octanol–water partition coefficient (Wildman–Crippen LogP) is 3.25. The highest BCUT2D eigenvalue weighted by Gasteiger charge is 2.31. The van der Waals surface area contributed by atoms with Crippen LogP contribution in [0.4, 0.5) is 0 Å². The second kappa shape index (κ2) is 10.1. The Hall–Kier alpha value is -2.04. The van der Waals surface area contributed by atoms with Crippen LogP contribution in [0.3, 0.4) is 0 Å². The van der Waals surface area contributed by atoms with Gasteiger partial charge in [-0.2, -0.15) is 0 Å². The monoisotopic (exact) mass is 347 g/mol. The molecule has 1 amide bonds. The maximum absolute atomic E-state index is 12.0. The van der Waals surface area contributed by atoms with E-state index in [4.69, 9.17) is 9.47 Å². The van der Waals surface area contributed by atoms with E-state index in [0.717, 1.165) is 37.0 Å². The molecule has 0 spiro atoms. The molecule has 1 saturated carbocycles. The van der Waals surface area contributed by atoms with Crippen LogP contribution in [0.15, 0.2) is 24.3 Å². The summed E-state index contributed by atoms with van der Waals surface area (Å²) < 4.78 is 10.6. The third-order valence-corrected chi connectivity index (χ3v) is 4.87. The first-order valence-electron chi connectivity index (χ1n) is 9.14. The number of aryl methyl sites for hydroxylation is 1. The topological polar surface area (TPSA) is 64.6 Å². The molecule has 0 radical (unpaired) electrons. The van der Waals surface area contributed by atoms with Gasteiger partial charge in [-0.05, 0) is 43.7 Å². The fraction of sp³-hybridized carbons (Fsp3) is 0.600. The molecule has 2 atom stereocenters. The average Bonchev–Trinajstić information content (AvgIpc) is 2.64. The SMILES string of the molecule is COC(=O)C1CCCCC1CNC(=O)CCCOc1ccccc1C. The Labute approximate surface area is 150 Å². The van der Waals surface area contributed by atoms with Crippen LogP contribution in [0.25, 0.3) is 0 Å². The van der Waals surface area contributed by atoms with Gasteiger partial charge in [-0.3, -0.25) is 9.59 Å². The average molecular weight is 347 g/mol. The summed E-state index contributed by atoms with van der Waals surface area (Å²) in [5.41, 5.74) is 1.10. The molecule has 0 bridgehead atoms. The standard InChI is InChI=1S/C20H29NO4/c1-15-8-3-6-11-18(15)25-13-7-12-19(22)21-14-16-9-4-5-10-17(16)20(23)24-2/h3,6,8,11,16-17H,4-5,7,9-10,12-14H2,1-2H3,(H,21,22). The fourth-order valence-corrected chi connectivity index (χ4v) is 3.38. The van der Waals surface area contributed by atoms with Gasteiger partial charge >= 0.3 is 5.97 Å². The predicted molar refractivity (Wildman–Crippen MR) is 96.4 cm³/mol. The lowest BCUT2D eigenvalue weighted by atomic mass is 9.79. The Morgan fingerprint density at radius 3 is 2.72 bits per heavy atom. The Balaban J connectivity index is 1.66. The molecule has 1 aromatic rings. The molecule has 138 valence electrons. The second-order valence-corrected chi connectivity index (χ2v) is 6.70. The smallest absolute Gasteiger partial charge is 0.309 e. The summed E-state index contributed by atoms with van der Waals surface area (Å²) >= 11 is 0. The highest BCUT2D eigenvalue weighted by atomic mass is 16.5. The normalized spacial score (nSPS) is 19.9. The van der Waals surface area contributed by atoms with Crippen molar-refractivity contribution in [1.29, 1.82) is 0 Å². The van der Waals surface area contributed by atoms with E-state index < -0.39 is 0 Å². The van der Waals surface area contributed by atoms with Gasteiger partial charge in [0, 0.05) is 13.0 Å². The van der Waals surface area contributed by atoms with E-state index in [1.807, 2.05) is 31.2 Å². The van der Waals surface area contributed by atoms with Gasteiger partial charge in [-0.15, -0.1) is 0 Å². The van der Waals surface area contributed by atoms with Crippen LogP contribution < -0.4 is 10.1 Å². The van der Waals surface area contributed by atoms with Crippen LogP contribution >= 0.6 is 0 Å².